The maximum Gasteiger partial charge on any atom is 0.273 e. The first-order valence-corrected chi connectivity index (χ1v) is 10.1. The highest BCUT2D eigenvalue weighted by atomic mass is 32.1. The van der Waals surface area contributed by atoms with E-state index in [-0.39, 0.29) is 11.8 Å². The van der Waals surface area contributed by atoms with Crippen LogP contribution in [0.15, 0.2) is 60.0 Å². The molecule has 1 aliphatic heterocycles. The van der Waals surface area contributed by atoms with Gasteiger partial charge in [-0.2, -0.15) is 5.26 Å². The molecular formula is C22H19N3O2S. The summed E-state index contributed by atoms with van der Waals surface area (Å²) in [5.74, 6) is 1.66. The van der Waals surface area contributed by atoms with Gasteiger partial charge in [-0.3, -0.25) is 4.79 Å². The van der Waals surface area contributed by atoms with E-state index in [1.54, 1.807) is 10.3 Å². The fraction of sp³-hybridized carbons (Fsp3) is 0.227. The number of aromatic nitrogens is 1. The van der Waals surface area contributed by atoms with Gasteiger partial charge < -0.3 is 9.64 Å². The van der Waals surface area contributed by atoms with Crippen molar-refractivity contribution in [3.63, 3.8) is 0 Å². The Morgan fingerprint density at radius 1 is 1.21 bits per heavy atom. The van der Waals surface area contributed by atoms with Crippen molar-refractivity contribution in [2.75, 3.05) is 13.1 Å². The Morgan fingerprint density at radius 2 is 2.00 bits per heavy atom. The summed E-state index contributed by atoms with van der Waals surface area (Å²) in [6.45, 7) is 1.32. The second kappa shape index (κ2) is 8.24. The van der Waals surface area contributed by atoms with Crippen molar-refractivity contribution in [2.45, 2.75) is 12.8 Å². The summed E-state index contributed by atoms with van der Waals surface area (Å²) in [4.78, 5) is 19.2. The lowest BCUT2D eigenvalue weighted by atomic mass is 10.1. The highest BCUT2D eigenvalue weighted by Crippen LogP contribution is 2.35. The Labute approximate surface area is 167 Å². The van der Waals surface area contributed by atoms with Crippen molar-refractivity contribution < 1.29 is 9.53 Å². The lowest BCUT2D eigenvalue weighted by Gasteiger charge is -2.14. The topological polar surface area (TPSA) is 66.2 Å². The van der Waals surface area contributed by atoms with Crippen molar-refractivity contribution in [1.82, 2.24) is 9.88 Å². The minimum absolute atomic E-state index is 0.0654. The average molecular weight is 389 g/mol. The third-order valence-electron chi connectivity index (χ3n) is 4.76. The van der Waals surface area contributed by atoms with Crippen LogP contribution in [0.3, 0.4) is 0 Å². The molecule has 1 amide bonds. The number of nitrogens with zero attached hydrogens (tertiary/aromatic N) is 3. The molecule has 140 valence electrons. The van der Waals surface area contributed by atoms with Crippen molar-refractivity contribution in [3.8, 4) is 28.1 Å². The molecule has 5 nitrogen and oxygen atoms in total. The van der Waals surface area contributed by atoms with Crippen LogP contribution in [-0.2, 0) is 0 Å². The van der Waals surface area contributed by atoms with Gasteiger partial charge in [0.05, 0.1) is 11.6 Å². The molecule has 2 aromatic carbocycles. The predicted octanol–water partition coefficient (Wildman–Crippen LogP) is 4.98. The molecular weight excluding hydrogens is 370 g/mol. The first-order valence-electron chi connectivity index (χ1n) is 9.18. The standard InChI is InChI=1S/C22H19N3O2S/c23-12-10-16-11-13-25(14-16)22(26)19-15-28-21(24-19)18-8-4-5-9-20(18)27-17-6-2-1-3-7-17/h1-9,15-16H,10-11,13-14H2/t16-/m0/s1. The molecule has 1 saturated heterocycles. The molecule has 0 unspecified atom stereocenters. The molecule has 0 saturated carbocycles. The summed E-state index contributed by atoms with van der Waals surface area (Å²) in [6, 6.07) is 19.5. The maximum atomic E-state index is 12.8. The number of carbonyl (C=O) groups excluding carboxylic acids is 1. The van der Waals surface area contributed by atoms with E-state index in [4.69, 9.17) is 10.00 Å². The zero-order valence-corrected chi connectivity index (χ0v) is 16.1. The van der Waals surface area contributed by atoms with Gasteiger partial charge in [0.1, 0.15) is 22.2 Å². The maximum absolute atomic E-state index is 12.8. The third kappa shape index (κ3) is 3.90. The first kappa shape index (κ1) is 18.2. The Balaban J connectivity index is 1.54. The highest BCUT2D eigenvalue weighted by Gasteiger charge is 2.28. The van der Waals surface area contributed by atoms with Gasteiger partial charge in [0.25, 0.3) is 5.91 Å². The van der Waals surface area contributed by atoms with E-state index in [0.29, 0.717) is 31.0 Å². The first-order chi connectivity index (χ1) is 13.7. The van der Waals surface area contributed by atoms with E-state index in [9.17, 15) is 4.79 Å². The van der Waals surface area contributed by atoms with Crippen molar-refractivity contribution >= 4 is 17.2 Å². The number of carbonyl (C=O) groups is 1. The average Bonchev–Trinajstić information content (AvgIpc) is 3.39. The van der Waals surface area contributed by atoms with Crippen LogP contribution in [0.2, 0.25) is 0 Å². The molecule has 0 bridgehead atoms. The fourth-order valence-corrected chi connectivity index (χ4v) is 4.14. The molecule has 28 heavy (non-hydrogen) atoms. The van der Waals surface area contributed by atoms with Gasteiger partial charge in [-0.15, -0.1) is 11.3 Å². The zero-order chi connectivity index (χ0) is 19.3. The highest BCUT2D eigenvalue weighted by molar-refractivity contribution is 7.13. The van der Waals surface area contributed by atoms with Gasteiger partial charge in [-0.05, 0) is 36.6 Å². The fourth-order valence-electron chi connectivity index (χ4n) is 3.32. The SMILES string of the molecule is N#CC[C@H]1CCN(C(=O)c2csc(-c3ccccc3Oc3ccccc3)n2)C1. The second-order valence-corrected chi connectivity index (χ2v) is 7.58. The summed E-state index contributed by atoms with van der Waals surface area (Å²) in [7, 11) is 0. The summed E-state index contributed by atoms with van der Waals surface area (Å²) in [5, 5.41) is 11.4. The number of rotatable bonds is 5. The Bertz CT molecular complexity index is 1010. The molecule has 0 radical (unpaired) electrons. The van der Waals surface area contributed by atoms with Gasteiger partial charge in [-0.25, -0.2) is 4.98 Å². The Hall–Kier alpha value is -3.17. The summed E-state index contributed by atoms with van der Waals surface area (Å²) in [5.41, 5.74) is 1.31. The number of hydrogen-bond donors (Lipinski definition) is 0. The smallest absolute Gasteiger partial charge is 0.273 e. The van der Waals surface area contributed by atoms with E-state index in [2.05, 4.69) is 11.1 Å². The van der Waals surface area contributed by atoms with E-state index >= 15 is 0 Å². The van der Waals surface area contributed by atoms with Gasteiger partial charge in [0, 0.05) is 24.9 Å². The van der Waals surface area contributed by atoms with Crippen LogP contribution in [-0.4, -0.2) is 28.9 Å². The summed E-state index contributed by atoms with van der Waals surface area (Å²) in [6.07, 6.45) is 1.38. The van der Waals surface area contributed by atoms with Crippen molar-refractivity contribution in [1.29, 1.82) is 5.26 Å². The monoisotopic (exact) mass is 389 g/mol. The molecule has 1 fully saturated rings. The Kier molecular flexibility index (Phi) is 5.36. The number of thiazole rings is 1. The van der Waals surface area contributed by atoms with Crippen LogP contribution in [0.1, 0.15) is 23.3 Å². The lowest BCUT2D eigenvalue weighted by molar-refractivity contribution is 0.0782. The van der Waals surface area contributed by atoms with E-state index < -0.39 is 0 Å². The molecule has 2 heterocycles. The van der Waals surface area contributed by atoms with E-state index in [0.717, 1.165) is 22.7 Å². The molecule has 4 rings (SSSR count). The molecule has 1 atom stereocenters. The molecule has 1 aromatic heterocycles. The largest absolute Gasteiger partial charge is 0.457 e. The molecule has 0 spiro atoms. The van der Waals surface area contributed by atoms with Crippen LogP contribution in [0.25, 0.3) is 10.6 Å². The van der Waals surface area contributed by atoms with E-state index in [1.807, 2.05) is 54.6 Å². The number of para-hydroxylation sites is 2. The van der Waals surface area contributed by atoms with Crippen LogP contribution >= 0.6 is 11.3 Å². The Morgan fingerprint density at radius 3 is 2.82 bits per heavy atom. The molecule has 1 aliphatic rings. The molecule has 0 N–H and O–H groups in total. The number of ether oxygens (including phenoxy) is 1. The van der Waals surface area contributed by atoms with E-state index in [1.165, 1.54) is 11.3 Å². The number of hydrogen-bond acceptors (Lipinski definition) is 5. The quantitative estimate of drug-likeness (QED) is 0.617. The molecule has 6 heteroatoms. The van der Waals surface area contributed by atoms with Crippen molar-refractivity contribution in [2.24, 2.45) is 5.92 Å². The normalized spacial score (nSPS) is 16.0. The number of benzene rings is 2. The zero-order valence-electron chi connectivity index (χ0n) is 15.2. The van der Waals surface area contributed by atoms with Crippen LogP contribution in [0.5, 0.6) is 11.5 Å². The molecule has 3 aromatic rings. The minimum atomic E-state index is -0.0654. The van der Waals surface area contributed by atoms with Crippen LogP contribution in [0, 0.1) is 17.2 Å². The lowest BCUT2D eigenvalue weighted by Crippen LogP contribution is -2.28. The summed E-state index contributed by atoms with van der Waals surface area (Å²) >= 11 is 1.43. The number of amides is 1. The number of nitriles is 1. The minimum Gasteiger partial charge on any atom is -0.457 e. The van der Waals surface area contributed by atoms with Crippen molar-refractivity contribution in [3.05, 3.63) is 65.7 Å². The number of likely N-dealkylation sites (tertiary alicyclic amines) is 1. The second-order valence-electron chi connectivity index (χ2n) is 6.72. The van der Waals surface area contributed by atoms with Gasteiger partial charge in [-0.1, -0.05) is 30.3 Å². The predicted molar refractivity (Wildman–Crippen MR) is 108 cm³/mol. The molecule has 0 aliphatic carbocycles. The summed E-state index contributed by atoms with van der Waals surface area (Å²) < 4.78 is 6.02. The van der Waals surface area contributed by atoms with Gasteiger partial charge in [0.15, 0.2) is 0 Å². The van der Waals surface area contributed by atoms with Gasteiger partial charge in [0.2, 0.25) is 0 Å². The van der Waals surface area contributed by atoms with Crippen LogP contribution in [0.4, 0.5) is 0 Å². The third-order valence-corrected chi connectivity index (χ3v) is 5.64. The van der Waals surface area contributed by atoms with Crippen LogP contribution < -0.4 is 4.74 Å². The van der Waals surface area contributed by atoms with Gasteiger partial charge >= 0.3 is 0 Å².